The summed E-state index contributed by atoms with van der Waals surface area (Å²) in [5, 5.41) is 3.94. The molecule has 1 aliphatic rings. The Morgan fingerprint density at radius 3 is 2.38 bits per heavy atom. The smallest absolute Gasteiger partial charge is 0.332 e. The van der Waals surface area contributed by atoms with E-state index in [9.17, 15) is 9.59 Å². The lowest BCUT2D eigenvalue weighted by Crippen LogP contribution is -2.49. The largest absolute Gasteiger partial charge is 0.466 e. The molecule has 1 aromatic rings. The first-order chi connectivity index (χ1) is 12.7. The van der Waals surface area contributed by atoms with E-state index < -0.39 is 11.9 Å². The van der Waals surface area contributed by atoms with Gasteiger partial charge in [0, 0.05) is 19.2 Å². The summed E-state index contributed by atoms with van der Waals surface area (Å²) >= 11 is 0. The molecule has 0 atom stereocenters. The molecule has 1 saturated heterocycles. The monoisotopic (exact) mass is 362 g/mol. The van der Waals surface area contributed by atoms with Crippen molar-refractivity contribution in [2.75, 3.05) is 44.5 Å². The lowest BCUT2D eigenvalue weighted by molar-refractivity contribution is -0.142. The van der Waals surface area contributed by atoms with Crippen LogP contribution in [0.15, 0.2) is 42.1 Å². The molecule has 7 heteroatoms. The van der Waals surface area contributed by atoms with E-state index in [-0.39, 0.29) is 19.6 Å². The van der Waals surface area contributed by atoms with E-state index in [0.29, 0.717) is 32.0 Å². The number of hydrazine groups is 1. The summed E-state index contributed by atoms with van der Waals surface area (Å²) in [5.74, 6) is -0.877. The number of carbonyl (C=O) groups excluding carboxylic acids is 2. The van der Waals surface area contributed by atoms with Gasteiger partial charge in [-0.25, -0.2) is 9.80 Å². The highest BCUT2D eigenvalue weighted by molar-refractivity contribution is 5.85. The van der Waals surface area contributed by atoms with Crippen LogP contribution in [0.3, 0.4) is 0 Å². The van der Waals surface area contributed by atoms with Crippen molar-refractivity contribution in [3.8, 4) is 0 Å². The quantitative estimate of drug-likeness (QED) is 0.518. The van der Waals surface area contributed by atoms with Crippen LogP contribution >= 0.6 is 0 Å². The van der Waals surface area contributed by atoms with Crippen LogP contribution in [0, 0.1) is 0 Å². The number of nitrogens with zero attached hydrogens (tertiary/aromatic N) is 2. The lowest BCUT2D eigenvalue weighted by atomic mass is 10.2. The maximum atomic E-state index is 12.1. The molecule has 1 fully saturated rings. The Morgan fingerprint density at radius 2 is 1.77 bits per heavy atom. The Balaban J connectivity index is 2.38. The number of para-hydroxylation sites is 1. The van der Waals surface area contributed by atoms with Gasteiger partial charge in [-0.05, 0) is 26.0 Å². The van der Waals surface area contributed by atoms with Crippen molar-refractivity contribution in [3.63, 3.8) is 0 Å². The molecule has 1 aromatic carbocycles. The zero-order valence-corrected chi connectivity index (χ0v) is 15.3. The Morgan fingerprint density at radius 1 is 1.12 bits per heavy atom. The van der Waals surface area contributed by atoms with E-state index in [2.05, 4.69) is 5.01 Å². The molecule has 1 aliphatic heterocycles. The van der Waals surface area contributed by atoms with Crippen LogP contribution < -0.4 is 5.01 Å². The van der Waals surface area contributed by atoms with Crippen LogP contribution in [0.4, 0.5) is 5.69 Å². The average molecular weight is 362 g/mol. The van der Waals surface area contributed by atoms with Crippen LogP contribution in [-0.2, 0) is 23.8 Å². The number of hydrogen-bond donors (Lipinski definition) is 0. The van der Waals surface area contributed by atoms with Gasteiger partial charge in [-0.2, -0.15) is 0 Å². The molecule has 0 radical (unpaired) electrons. The normalized spacial score (nSPS) is 15.4. The molecule has 0 aromatic heterocycles. The minimum atomic E-state index is -0.485. The van der Waals surface area contributed by atoms with Gasteiger partial charge in [0.25, 0.3) is 0 Å². The molecule has 1 heterocycles. The van der Waals surface area contributed by atoms with Crippen molar-refractivity contribution < 1.29 is 23.8 Å². The molecule has 2 rings (SSSR count). The highest BCUT2D eigenvalue weighted by atomic mass is 16.5. The van der Waals surface area contributed by atoms with E-state index in [0.717, 1.165) is 5.69 Å². The molecule has 26 heavy (non-hydrogen) atoms. The third kappa shape index (κ3) is 5.86. The zero-order chi connectivity index (χ0) is 18.8. The lowest BCUT2D eigenvalue weighted by Gasteiger charge is -2.39. The van der Waals surface area contributed by atoms with Gasteiger partial charge in [-0.3, -0.25) is 9.80 Å². The van der Waals surface area contributed by atoms with Crippen molar-refractivity contribution in [1.29, 1.82) is 0 Å². The van der Waals surface area contributed by atoms with Crippen molar-refractivity contribution >= 4 is 17.6 Å². The second-order valence-electron chi connectivity index (χ2n) is 5.58. The minimum absolute atomic E-state index is 0.0289. The summed E-state index contributed by atoms with van der Waals surface area (Å²) in [6.45, 7) is 6.51. The predicted molar refractivity (Wildman–Crippen MR) is 97.3 cm³/mol. The Bertz CT molecular complexity index is 612. The molecule has 0 N–H and O–H groups in total. The predicted octanol–water partition coefficient (Wildman–Crippen LogP) is 2.14. The fourth-order valence-corrected chi connectivity index (χ4v) is 2.70. The number of carbonyl (C=O) groups is 2. The molecular formula is C19H26N2O5. The van der Waals surface area contributed by atoms with Crippen molar-refractivity contribution in [2.45, 2.75) is 20.3 Å². The van der Waals surface area contributed by atoms with Crippen molar-refractivity contribution in [1.82, 2.24) is 5.01 Å². The minimum Gasteiger partial charge on any atom is -0.466 e. The van der Waals surface area contributed by atoms with Crippen molar-refractivity contribution in [2.24, 2.45) is 0 Å². The van der Waals surface area contributed by atoms with Gasteiger partial charge in [0.15, 0.2) is 0 Å². The maximum Gasteiger partial charge on any atom is 0.332 e. The first kappa shape index (κ1) is 19.9. The Hall–Kier alpha value is -2.38. The first-order valence-electron chi connectivity index (χ1n) is 8.86. The second kappa shape index (κ2) is 10.6. The number of esters is 2. The van der Waals surface area contributed by atoms with E-state index in [4.69, 9.17) is 14.2 Å². The molecule has 0 bridgehead atoms. The number of morpholine rings is 1. The molecule has 0 saturated carbocycles. The molecular weight excluding hydrogens is 336 g/mol. The van der Waals surface area contributed by atoms with Gasteiger partial charge < -0.3 is 14.2 Å². The van der Waals surface area contributed by atoms with E-state index in [1.54, 1.807) is 13.8 Å². The molecule has 7 nitrogen and oxygen atoms in total. The molecule has 0 aliphatic carbocycles. The highest BCUT2D eigenvalue weighted by Crippen LogP contribution is 2.25. The van der Waals surface area contributed by atoms with Gasteiger partial charge in [-0.15, -0.1) is 0 Å². The van der Waals surface area contributed by atoms with Crippen LogP contribution in [-0.4, -0.2) is 56.5 Å². The maximum absolute atomic E-state index is 12.1. The van der Waals surface area contributed by atoms with Crippen LogP contribution in [0.25, 0.3) is 0 Å². The fraction of sp³-hybridized carbons (Fsp3) is 0.474. The molecule has 0 amide bonds. The van der Waals surface area contributed by atoms with Gasteiger partial charge in [0.2, 0.25) is 0 Å². The molecule has 142 valence electrons. The third-order valence-electron chi connectivity index (χ3n) is 3.74. The first-order valence-corrected chi connectivity index (χ1v) is 8.86. The van der Waals surface area contributed by atoms with Gasteiger partial charge in [0.1, 0.15) is 0 Å². The summed E-state index contributed by atoms with van der Waals surface area (Å²) in [5.41, 5.74) is 1.37. The highest BCUT2D eigenvalue weighted by Gasteiger charge is 2.25. The third-order valence-corrected chi connectivity index (χ3v) is 3.74. The van der Waals surface area contributed by atoms with Gasteiger partial charge >= 0.3 is 11.9 Å². The zero-order valence-electron chi connectivity index (χ0n) is 15.3. The number of anilines is 1. The summed E-state index contributed by atoms with van der Waals surface area (Å²) in [6.07, 6.45) is 1.34. The standard InChI is InChI=1S/C19H26N2O5/c1-3-25-18(22)14-17(15-19(23)26-4-2)21(16-8-6-5-7-9-16)20-10-12-24-13-11-20/h5-9,14H,3-4,10-13,15H2,1-2H3. The summed E-state index contributed by atoms with van der Waals surface area (Å²) in [7, 11) is 0. The number of benzene rings is 1. The SMILES string of the molecule is CCOC(=O)C=C(CC(=O)OCC)N(c1ccccc1)N1CCOCC1. The average Bonchev–Trinajstić information content (AvgIpc) is 2.64. The Kier molecular flexibility index (Phi) is 8.11. The van der Waals surface area contributed by atoms with Crippen molar-refractivity contribution in [3.05, 3.63) is 42.1 Å². The van der Waals surface area contributed by atoms with Gasteiger partial charge in [-0.1, -0.05) is 18.2 Å². The van der Waals surface area contributed by atoms with E-state index in [1.165, 1.54) is 6.08 Å². The summed E-state index contributed by atoms with van der Waals surface area (Å²) < 4.78 is 15.6. The number of rotatable bonds is 8. The molecule has 0 unspecified atom stereocenters. The fourth-order valence-electron chi connectivity index (χ4n) is 2.70. The Labute approximate surface area is 154 Å². The number of ether oxygens (including phenoxy) is 3. The molecule has 0 spiro atoms. The van der Waals surface area contributed by atoms with Crippen LogP contribution in [0.5, 0.6) is 0 Å². The van der Waals surface area contributed by atoms with E-state index >= 15 is 0 Å². The number of hydrogen-bond acceptors (Lipinski definition) is 7. The summed E-state index contributed by atoms with van der Waals surface area (Å²) in [4.78, 5) is 24.2. The van der Waals surface area contributed by atoms with Crippen LogP contribution in [0.2, 0.25) is 0 Å². The summed E-state index contributed by atoms with van der Waals surface area (Å²) in [6, 6.07) is 9.60. The van der Waals surface area contributed by atoms with Gasteiger partial charge in [0.05, 0.1) is 44.2 Å². The topological polar surface area (TPSA) is 68.3 Å². The van der Waals surface area contributed by atoms with Crippen LogP contribution in [0.1, 0.15) is 20.3 Å². The van der Waals surface area contributed by atoms with E-state index in [1.807, 2.05) is 35.3 Å². The second-order valence-corrected chi connectivity index (χ2v) is 5.58.